The van der Waals surface area contributed by atoms with Crippen LogP contribution in [0.4, 0.5) is 33.4 Å². The highest BCUT2D eigenvalue weighted by molar-refractivity contribution is 7.26. The summed E-state index contributed by atoms with van der Waals surface area (Å²) in [6.45, 7) is 37.7. The van der Waals surface area contributed by atoms with E-state index in [0.717, 1.165) is 0 Å². The minimum atomic E-state index is -0.106. The van der Waals surface area contributed by atoms with Gasteiger partial charge < -0.3 is 9.80 Å². The molecule has 0 bridgehead atoms. The van der Waals surface area contributed by atoms with Crippen molar-refractivity contribution in [2.75, 3.05) is 9.80 Å². The van der Waals surface area contributed by atoms with Crippen LogP contribution >= 0.6 is 22.7 Å². The van der Waals surface area contributed by atoms with Crippen molar-refractivity contribution in [1.29, 1.82) is 0 Å². The lowest BCUT2D eigenvalue weighted by atomic mass is 9.33. The van der Waals surface area contributed by atoms with Gasteiger partial charge in [-0.05, 0) is 169 Å². The minimum absolute atomic E-state index is 0.00913. The van der Waals surface area contributed by atoms with Gasteiger partial charge >= 0.3 is 0 Å². The number of fused-ring (bicyclic) bond motifs is 7. The van der Waals surface area contributed by atoms with Crippen LogP contribution in [0.2, 0.25) is 0 Å². The maximum absolute atomic E-state index is 2.71. The molecule has 0 saturated carbocycles. The van der Waals surface area contributed by atoms with Crippen molar-refractivity contribution in [2.24, 2.45) is 0 Å². The van der Waals surface area contributed by atoms with E-state index in [1.54, 1.807) is 0 Å². The van der Waals surface area contributed by atoms with Crippen molar-refractivity contribution >= 4 is 99.4 Å². The molecule has 0 atom stereocenters. The molecule has 0 unspecified atom stereocenters. The van der Waals surface area contributed by atoms with Crippen LogP contribution in [0.25, 0.3) is 31.3 Å². The summed E-state index contributed by atoms with van der Waals surface area (Å²) in [6, 6.07) is 38.6. The first-order chi connectivity index (χ1) is 30.4. The van der Waals surface area contributed by atoms with E-state index in [2.05, 4.69) is 223 Å². The van der Waals surface area contributed by atoms with E-state index in [0.29, 0.717) is 0 Å². The second kappa shape index (κ2) is 14.7. The topological polar surface area (TPSA) is 6.48 Å². The Morgan fingerprint density at radius 3 is 1.58 bits per heavy atom. The van der Waals surface area contributed by atoms with Crippen LogP contribution in [0.3, 0.4) is 0 Å². The Labute approximate surface area is 397 Å². The third-order valence-corrected chi connectivity index (χ3v) is 16.5. The second-order valence-corrected chi connectivity index (χ2v) is 25.3. The van der Waals surface area contributed by atoms with Crippen LogP contribution in [-0.4, -0.2) is 6.71 Å². The lowest BCUT2D eigenvalue weighted by Gasteiger charge is -2.45. The molecular formula is C60H65BN2S2. The molecule has 65 heavy (non-hydrogen) atoms. The van der Waals surface area contributed by atoms with Crippen LogP contribution in [0.15, 0.2) is 102 Å². The molecule has 0 spiro atoms. The van der Waals surface area contributed by atoms with Gasteiger partial charge in [0.05, 0.1) is 16.4 Å². The van der Waals surface area contributed by atoms with Gasteiger partial charge in [-0.15, -0.1) is 22.7 Å². The van der Waals surface area contributed by atoms with E-state index < -0.39 is 0 Å². The number of nitrogens with zero attached hydrogens (tertiary/aromatic N) is 2. The standard InChI is InChI=1S/C60H65BN2S2/c1-34-25-38(45-33-64-50-20-18-17-19-43(45)50)26-35(2)54(34)62-47-23-21-40(58(8,9)10)30-46(47)61-52-44-29-39(57(5,6)7)22-24-51(44)65-56(52)63(49-32-42(60(14,15)16)31-48(62)53(49)61)55-36(3)27-41(28-37(55)4)59(11,12)13/h17-33H,1-16H3. The highest BCUT2D eigenvalue weighted by Crippen LogP contribution is 2.52. The van der Waals surface area contributed by atoms with E-state index in [4.69, 9.17) is 0 Å². The predicted octanol–water partition coefficient (Wildman–Crippen LogP) is 16.3. The Morgan fingerprint density at radius 1 is 0.446 bits per heavy atom. The molecule has 2 aliphatic heterocycles. The van der Waals surface area contributed by atoms with Crippen LogP contribution < -0.4 is 26.2 Å². The summed E-state index contributed by atoms with van der Waals surface area (Å²) in [5, 5.41) is 6.39. The summed E-state index contributed by atoms with van der Waals surface area (Å²) in [5.74, 6) is 0. The van der Waals surface area contributed by atoms with Crippen molar-refractivity contribution in [3.05, 3.63) is 147 Å². The Morgan fingerprint density at radius 2 is 0.969 bits per heavy atom. The van der Waals surface area contributed by atoms with Gasteiger partial charge in [-0.25, -0.2) is 0 Å². The third-order valence-electron chi connectivity index (χ3n) is 14.4. The van der Waals surface area contributed by atoms with Crippen LogP contribution in [0.1, 0.15) is 128 Å². The number of rotatable bonds is 3. The van der Waals surface area contributed by atoms with Crippen molar-refractivity contribution in [1.82, 2.24) is 0 Å². The first-order valence-electron chi connectivity index (χ1n) is 23.6. The fourth-order valence-electron chi connectivity index (χ4n) is 10.8. The number of hydrogen-bond acceptors (Lipinski definition) is 4. The lowest BCUT2D eigenvalue weighted by molar-refractivity contribution is 0.589. The fourth-order valence-corrected chi connectivity index (χ4v) is 13.0. The molecule has 2 aromatic heterocycles. The van der Waals surface area contributed by atoms with Gasteiger partial charge in [0, 0.05) is 37.4 Å². The van der Waals surface area contributed by atoms with E-state index in [9.17, 15) is 0 Å². The molecule has 10 rings (SSSR count). The first kappa shape index (κ1) is 43.8. The van der Waals surface area contributed by atoms with E-state index in [-0.39, 0.29) is 28.4 Å². The van der Waals surface area contributed by atoms with Crippen LogP contribution in [0, 0.1) is 27.7 Å². The average molecular weight is 889 g/mol. The average Bonchev–Trinajstić information content (AvgIpc) is 3.82. The van der Waals surface area contributed by atoms with E-state index in [1.165, 1.54) is 126 Å². The van der Waals surface area contributed by atoms with Crippen molar-refractivity contribution in [2.45, 2.75) is 132 Å². The Bertz CT molecular complexity index is 3210. The van der Waals surface area contributed by atoms with E-state index >= 15 is 0 Å². The lowest BCUT2D eigenvalue weighted by Crippen LogP contribution is -2.61. The van der Waals surface area contributed by atoms with Crippen molar-refractivity contribution < 1.29 is 0 Å². The zero-order chi connectivity index (χ0) is 46.4. The molecule has 4 heterocycles. The summed E-state index contributed by atoms with van der Waals surface area (Å²) in [4.78, 5) is 5.38. The molecule has 2 aliphatic rings. The van der Waals surface area contributed by atoms with Gasteiger partial charge in [-0.3, -0.25) is 0 Å². The predicted molar refractivity (Wildman–Crippen MR) is 290 cm³/mol. The number of benzene rings is 6. The quantitative estimate of drug-likeness (QED) is 0.163. The molecule has 0 aliphatic carbocycles. The van der Waals surface area contributed by atoms with Crippen LogP contribution in [0.5, 0.6) is 0 Å². The molecule has 2 nitrogen and oxygen atoms in total. The molecule has 8 aromatic rings. The maximum Gasteiger partial charge on any atom is 0.254 e. The normalized spacial score (nSPS) is 14.1. The molecule has 330 valence electrons. The van der Waals surface area contributed by atoms with Gasteiger partial charge in [-0.2, -0.15) is 0 Å². The van der Waals surface area contributed by atoms with Crippen LogP contribution in [-0.2, 0) is 21.7 Å². The molecule has 6 aromatic carbocycles. The Hall–Kier alpha value is -5.10. The number of hydrogen-bond donors (Lipinski definition) is 0. The molecule has 0 radical (unpaired) electrons. The Kier molecular flexibility index (Phi) is 9.90. The zero-order valence-electron chi connectivity index (χ0n) is 41.6. The molecule has 0 saturated heterocycles. The first-order valence-corrected chi connectivity index (χ1v) is 25.3. The summed E-state index contributed by atoms with van der Waals surface area (Å²) < 4.78 is 2.68. The van der Waals surface area contributed by atoms with Gasteiger partial charge in [0.1, 0.15) is 0 Å². The number of thiophene rings is 2. The molecule has 0 amide bonds. The fraction of sp³-hybridized carbons (Fsp3) is 0.333. The van der Waals surface area contributed by atoms with E-state index in [1.807, 2.05) is 22.7 Å². The monoisotopic (exact) mass is 888 g/mol. The molecule has 5 heteroatoms. The molecule has 0 N–H and O–H groups in total. The smallest absolute Gasteiger partial charge is 0.254 e. The largest absolute Gasteiger partial charge is 0.311 e. The summed E-state index contributed by atoms with van der Waals surface area (Å²) in [5.41, 5.74) is 23.8. The number of aryl methyl sites for hydroxylation is 4. The van der Waals surface area contributed by atoms with Gasteiger partial charge in [0.2, 0.25) is 0 Å². The highest BCUT2D eigenvalue weighted by atomic mass is 32.1. The SMILES string of the molecule is Cc1cc(-c2csc3ccccc23)cc(C)c1N1c2ccc(C(C)(C)C)cc2B2c3c1cc(C(C)(C)C)cc3N(c1c(C)cc(C(C)(C)C)cc1C)c1sc3ccc(C(C)(C)C)cc3c12. The maximum atomic E-state index is 2.71. The zero-order valence-corrected chi connectivity index (χ0v) is 43.2. The van der Waals surface area contributed by atoms with Gasteiger partial charge in [-0.1, -0.05) is 138 Å². The Balaban J connectivity index is 1.35. The summed E-state index contributed by atoms with van der Waals surface area (Å²) in [7, 11) is 0. The second-order valence-electron chi connectivity index (χ2n) is 23.4. The highest BCUT2D eigenvalue weighted by Gasteiger charge is 2.47. The van der Waals surface area contributed by atoms with Gasteiger partial charge in [0.25, 0.3) is 6.71 Å². The van der Waals surface area contributed by atoms with Gasteiger partial charge in [0.15, 0.2) is 0 Å². The molecule has 0 fully saturated rings. The minimum Gasteiger partial charge on any atom is -0.311 e. The van der Waals surface area contributed by atoms with Crippen molar-refractivity contribution in [3.63, 3.8) is 0 Å². The third kappa shape index (κ3) is 7.01. The number of anilines is 6. The molecular weight excluding hydrogens is 824 g/mol. The summed E-state index contributed by atoms with van der Waals surface area (Å²) in [6.07, 6.45) is 0. The van der Waals surface area contributed by atoms with Crippen molar-refractivity contribution in [3.8, 4) is 11.1 Å². The summed E-state index contributed by atoms with van der Waals surface area (Å²) >= 11 is 3.81.